The molecule has 0 fully saturated rings. The van der Waals surface area contributed by atoms with Crippen molar-refractivity contribution in [2.45, 2.75) is 45.3 Å². The molecule has 1 atom stereocenters. The van der Waals surface area contributed by atoms with Gasteiger partial charge in [0.15, 0.2) is 0 Å². The van der Waals surface area contributed by atoms with Crippen molar-refractivity contribution in [3.05, 3.63) is 59.7 Å². The molecule has 6 nitrogen and oxygen atoms in total. The lowest BCUT2D eigenvalue weighted by molar-refractivity contribution is -0.137. The molecule has 0 bridgehead atoms. The fourth-order valence-corrected chi connectivity index (χ4v) is 4.34. The number of nitrogens with zero attached hydrogens (tertiary/aromatic N) is 1. The first-order valence-corrected chi connectivity index (χ1v) is 12.1. The molecule has 182 valence electrons. The molecule has 0 spiro atoms. The molecule has 1 amide bonds. The minimum absolute atomic E-state index is 0.00769. The smallest absolute Gasteiger partial charge is 0.416 e. The predicted octanol–water partition coefficient (Wildman–Crippen LogP) is 4.35. The lowest BCUT2D eigenvalue weighted by Crippen LogP contribution is -2.48. The van der Waals surface area contributed by atoms with Crippen molar-refractivity contribution >= 4 is 21.6 Å². The predicted molar refractivity (Wildman–Crippen MR) is 122 cm³/mol. The number of nitrogens with one attached hydrogen (secondary N) is 1. The summed E-state index contributed by atoms with van der Waals surface area (Å²) in [6.07, 6.45) is -3.81. The lowest BCUT2D eigenvalue weighted by Gasteiger charge is -2.28. The monoisotopic (exact) mass is 486 g/mol. The third-order valence-electron chi connectivity index (χ3n) is 4.91. The maximum atomic E-state index is 13.1. The number of hydrogen-bond donors (Lipinski definition) is 1. The quantitative estimate of drug-likeness (QED) is 0.563. The van der Waals surface area contributed by atoms with Gasteiger partial charge in [0.25, 0.3) is 0 Å². The number of anilines is 1. The number of carbonyl (C=O) groups excluding carboxylic acids is 1. The van der Waals surface area contributed by atoms with Gasteiger partial charge in [-0.3, -0.25) is 9.10 Å². The Hall–Kier alpha value is -2.75. The largest absolute Gasteiger partial charge is 0.492 e. The van der Waals surface area contributed by atoms with Crippen LogP contribution in [-0.4, -0.2) is 39.8 Å². The van der Waals surface area contributed by atoms with Crippen molar-refractivity contribution in [1.82, 2.24) is 5.32 Å². The third kappa shape index (κ3) is 7.38. The fraction of sp³-hybridized carbons (Fsp3) is 0.435. The topological polar surface area (TPSA) is 75.7 Å². The molecule has 1 unspecified atom stereocenters. The second-order valence-electron chi connectivity index (χ2n) is 8.70. The van der Waals surface area contributed by atoms with Crippen LogP contribution in [0.25, 0.3) is 0 Å². The van der Waals surface area contributed by atoms with Gasteiger partial charge in [0, 0.05) is 0 Å². The highest BCUT2D eigenvalue weighted by atomic mass is 32.2. The number of ether oxygens (including phenoxy) is 1. The van der Waals surface area contributed by atoms with Crippen molar-refractivity contribution in [1.29, 1.82) is 0 Å². The third-order valence-corrected chi connectivity index (χ3v) is 6.15. The number of alkyl halides is 3. The molecule has 0 heterocycles. The van der Waals surface area contributed by atoms with Gasteiger partial charge < -0.3 is 10.1 Å². The van der Waals surface area contributed by atoms with E-state index >= 15 is 0 Å². The van der Waals surface area contributed by atoms with Crippen LogP contribution in [0.2, 0.25) is 0 Å². The first-order valence-electron chi connectivity index (χ1n) is 10.3. The SMILES string of the molecule is CC(C(=O)NCCOc1ccc(C(C)(C)C)cc1)N(c1cccc(C(F)(F)F)c1)S(C)(=O)=O. The van der Waals surface area contributed by atoms with E-state index in [1.165, 1.54) is 13.0 Å². The summed E-state index contributed by atoms with van der Waals surface area (Å²) in [5.41, 5.74) is -0.0990. The van der Waals surface area contributed by atoms with E-state index in [0.717, 1.165) is 24.0 Å². The molecule has 0 radical (unpaired) electrons. The fourth-order valence-electron chi connectivity index (χ4n) is 3.17. The van der Waals surface area contributed by atoms with Crippen LogP contribution in [0, 0.1) is 0 Å². The highest BCUT2D eigenvalue weighted by Gasteiger charge is 2.34. The van der Waals surface area contributed by atoms with Gasteiger partial charge in [-0.15, -0.1) is 0 Å². The lowest BCUT2D eigenvalue weighted by atomic mass is 9.87. The van der Waals surface area contributed by atoms with E-state index < -0.39 is 33.7 Å². The molecule has 0 aromatic heterocycles. The number of sulfonamides is 1. The zero-order valence-corrected chi connectivity index (χ0v) is 20.0. The first kappa shape index (κ1) is 26.5. The van der Waals surface area contributed by atoms with Crippen LogP contribution in [0.5, 0.6) is 5.75 Å². The van der Waals surface area contributed by atoms with Crippen molar-refractivity contribution in [2.24, 2.45) is 0 Å². The van der Waals surface area contributed by atoms with Crippen molar-refractivity contribution in [3.8, 4) is 5.75 Å². The van der Waals surface area contributed by atoms with Crippen LogP contribution >= 0.6 is 0 Å². The second-order valence-corrected chi connectivity index (χ2v) is 10.6. The molecule has 0 saturated heterocycles. The van der Waals surface area contributed by atoms with E-state index in [2.05, 4.69) is 26.1 Å². The molecule has 0 saturated carbocycles. The van der Waals surface area contributed by atoms with E-state index in [0.29, 0.717) is 16.1 Å². The summed E-state index contributed by atoms with van der Waals surface area (Å²) in [5.74, 6) is -0.0449. The molecule has 0 aliphatic rings. The van der Waals surface area contributed by atoms with Gasteiger partial charge in [0.05, 0.1) is 24.1 Å². The van der Waals surface area contributed by atoms with E-state index in [9.17, 15) is 26.4 Å². The second kappa shape index (κ2) is 10.0. The van der Waals surface area contributed by atoms with Gasteiger partial charge in [-0.1, -0.05) is 39.0 Å². The Balaban J connectivity index is 2.02. The molecule has 1 N–H and O–H groups in total. The Morgan fingerprint density at radius 1 is 1.06 bits per heavy atom. The maximum Gasteiger partial charge on any atom is 0.416 e. The van der Waals surface area contributed by atoms with E-state index in [1.54, 1.807) is 0 Å². The zero-order chi connectivity index (χ0) is 25.0. The Bertz CT molecular complexity index is 1060. The summed E-state index contributed by atoms with van der Waals surface area (Å²) in [6.45, 7) is 7.82. The summed E-state index contributed by atoms with van der Waals surface area (Å²) in [6, 6.07) is 10.1. The summed E-state index contributed by atoms with van der Waals surface area (Å²) in [7, 11) is -4.04. The van der Waals surface area contributed by atoms with Crippen LogP contribution in [0.1, 0.15) is 38.8 Å². The van der Waals surface area contributed by atoms with Gasteiger partial charge in [-0.25, -0.2) is 8.42 Å². The van der Waals surface area contributed by atoms with Gasteiger partial charge in [-0.2, -0.15) is 13.2 Å². The minimum Gasteiger partial charge on any atom is -0.492 e. The number of hydrogen-bond acceptors (Lipinski definition) is 4. The average molecular weight is 487 g/mol. The molecule has 2 aromatic rings. The molecule has 10 heteroatoms. The molecule has 2 aromatic carbocycles. The molecular weight excluding hydrogens is 457 g/mol. The van der Waals surface area contributed by atoms with Crippen LogP contribution in [0.15, 0.2) is 48.5 Å². The Morgan fingerprint density at radius 2 is 1.67 bits per heavy atom. The van der Waals surface area contributed by atoms with Crippen LogP contribution < -0.4 is 14.4 Å². The molecule has 33 heavy (non-hydrogen) atoms. The van der Waals surface area contributed by atoms with Crippen molar-refractivity contribution in [2.75, 3.05) is 23.7 Å². The summed E-state index contributed by atoms with van der Waals surface area (Å²) in [5, 5.41) is 2.56. The summed E-state index contributed by atoms with van der Waals surface area (Å²) >= 11 is 0. The van der Waals surface area contributed by atoms with Crippen LogP contribution in [0.3, 0.4) is 0 Å². The number of benzene rings is 2. The Morgan fingerprint density at radius 3 is 2.18 bits per heavy atom. The number of rotatable bonds is 8. The normalized spacial score (nSPS) is 13.3. The zero-order valence-electron chi connectivity index (χ0n) is 19.2. The van der Waals surface area contributed by atoms with E-state index in [4.69, 9.17) is 4.74 Å². The van der Waals surface area contributed by atoms with Crippen molar-refractivity contribution in [3.63, 3.8) is 0 Å². The molecule has 0 aliphatic carbocycles. The van der Waals surface area contributed by atoms with E-state index in [1.807, 2.05) is 24.3 Å². The highest BCUT2D eigenvalue weighted by molar-refractivity contribution is 7.92. The number of carbonyl (C=O) groups is 1. The van der Waals surface area contributed by atoms with E-state index in [-0.39, 0.29) is 24.3 Å². The van der Waals surface area contributed by atoms with Crippen molar-refractivity contribution < 1.29 is 31.1 Å². The number of halogens is 3. The average Bonchev–Trinajstić information content (AvgIpc) is 2.69. The summed E-state index contributed by atoms with van der Waals surface area (Å²) < 4.78 is 70.0. The molecule has 2 rings (SSSR count). The van der Waals surface area contributed by atoms with Crippen LogP contribution in [-0.2, 0) is 26.4 Å². The Labute approximate surface area is 192 Å². The first-order chi connectivity index (χ1) is 15.1. The van der Waals surface area contributed by atoms with Crippen LogP contribution in [0.4, 0.5) is 18.9 Å². The Kier molecular flexibility index (Phi) is 8.05. The van der Waals surface area contributed by atoms with Gasteiger partial charge >= 0.3 is 6.18 Å². The van der Waals surface area contributed by atoms with Gasteiger partial charge in [-0.05, 0) is 48.2 Å². The van der Waals surface area contributed by atoms with Gasteiger partial charge in [0.1, 0.15) is 18.4 Å². The summed E-state index contributed by atoms with van der Waals surface area (Å²) in [4.78, 5) is 12.6. The van der Waals surface area contributed by atoms with Gasteiger partial charge in [0.2, 0.25) is 15.9 Å². The molecular formula is C23H29F3N2O4S. The highest BCUT2D eigenvalue weighted by Crippen LogP contribution is 2.32. The standard InChI is InChI=1S/C23H29F3N2O4S/c1-16(28(33(5,30)31)19-8-6-7-18(15-19)23(24,25)26)21(29)27-13-14-32-20-11-9-17(10-12-20)22(2,3)4/h6-12,15-16H,13-14H2,1-5H3,(H,27,29). The molecule has 0 aliphatic heterocycles. The minimum atomic E-state index is -4.65. The maximum absolute atomic E-state index is 13.1. The number of amides is 1.